The summed E-state index contributed by atoms with van der Waals surface area (Å²) in [6, 6.07) is 34.9. The van der Waals surface area contributed by atoms with Gasteiger partial charge >= 0.3 is 0 Å². The van der Waals surface area contributed by atoms with Gasteiger partial charge in [0.1, 0.15) is 12.3 Å². The largest absolute Gasteiger partial charge is 0.494 e. The van der Waals surface area contributed by atoms with E-state index in [1.54, 1.807) is 12.1 Å². The first-order chi connectivity index (χ1) is 28.2. The topological polar surface area (TPSA) is 145 Å². The van der Waals surface area contributed by atoms with Crippen molar-refractivity contribution >= 4 is 48.6 Å². The Morgan fingerprint density at radius 2 is 1.36 bits per heavy atom. The molecule has 5 aromatic carbocycles. The minimum Gasteiger partial charge on any atom is -0.494 e. The molecule has 59 heavy (non-hydrogen) atoms. The van der Waals surface area contributed by atoms with Crippen LogP contribution < -0.4 is 15.4 Å². The molecule has 0 radical (unpaired) electrons. The Balaban J connectivity index is 1.37. The molecule has 0 saturated heterocycles. The van der Waals surface area contributed by atoms with Gasteiger partial charge in [0.25, 0.3) is 20.2 Å². The molecule has 0 fully saturated rings. The molecule has 0 aliphatic heterocycles. The first-order valence-corrected chi connectivity index (χ1v) is 22.4. The SMILES string of the molecule is CCOc1ccc(Nc2ccc(/C(=C3\C=CC(=[N+](CC)Cc4cccc(S(=O)(=O)O)c4)C=C3C)c3ccc(NC(CC)c4cccc(S(=O)(=O)O)c4)cc3C)cc2)cc1. The molecule has 1 aliphatic carbocycles. The summed E-state index contributed by atoms with van der Waals surface area (Å²) >= 11 is 0. The summed E-state index contributed by atoms with van der Waals surface area (Å²) in [5.74, 6) is 0.815. The van der Waals surface area contributed by atoms with E-state index in [1.807, 2.05) is 63.2 Å². The molecule has 6 rings (SSSR count). The molecular weight excluding hydrogens is 783 g/mol. The molecule has 5 aromatic rings. The Kier molecular flexibility index (Phi) is 13.4. The van der Waals surface area contributed by atoms with E-state index in [0.717, 1.165) is 73.1 Å². The number of aryl methyl sites for hydroxylation is 1. The summed E-state index contributed by atoms with van der Waals surface area (Å²) in [5.41, 5.74) is 11.4. The first-order valence-electron chi connectivity index (χ1n) is 19.5. The number of anilines is 3. The Hall–Kier alpha value is -5.79. The maximum atomic E-state index is 11.9. The molecule has 0 aromatic heterocycles. The average Bonchev–Trinajstić information content (AvgIpc) is 3.21. The second-order valence-electron chi connectivity index (χ2n) is 14.4. The summed E-state index contributed by atoms with van der Waals surface area (Å²) in [5, 5.41) is 7.05. The van der Waals surface area contributed by atoms with Gasteiger partial charge in [0.2, 0.25) is 0 Å². The standard InChI is InChI=1S/C47H49N3O7S2/c1-6-46(36-12-10-14-43(30-36)59(54,55)56)49-39-21-25-44(32(4)27-39)47(35-15-17-37(18-16-35)48-38-19-23-41(24-20-38)57-8-3)45-26-22-40(28-33(45)5)50(7-2)31-34-11-9-13-42(29-34)58(51,52)53/h9-30,46H,6-8,31H2,1-5H3,(H3,48,49,51,52,53,54,55,56)/p+1. The predicted molar refractivity (Wildman–Crippen MR) is 236 cm³/mol. The second-order valence-corrected chi connectivity index (χ2v) is 17.2. The molecular formula is C47H50N3O7S2+. The number of benzene rings is 5. The fourth-order valence-electron chi connectivity index (χ4n) is 7.23. The van der Waals surface area contributed by atoms with E-state index in [2.05, 4.69) is 83.7 Å². The normalized spacial score (nSPS) is 15.3. The average molecular weight is 833 g/mol. The smallest absolute Gasteiger partial charge is 0.294 e. The zero-order valence-electron chi connectivity index (χ0n) is 33.8. The fourth-order valence-corrected chi connectivity index (χ4v) is 8.31. The van der Waals surface area contributed by atoms with Crippen LogP contribution in [0.5, 0.6) is 5.75 Å². The zero-order valence-corrected chi connectivity index (χ0v) is 35.4. The van der Waals surface area contributed by atoms with Crippen LogP contribution in [0.3, 0.4) is 0 Å². The molecule has 306 valence electrons. The van der Waals surface area contributed by atoms with Gasteiger partial charge in [-0.15, -0.1) is 0 Å². The second kappa shape index (κ2) is 18.4. The monoisotopic (exact) mass is 832 g/mol. The lowest BCUT2D eigenvalue weighted by atomic mass is 9.85. The number of hydrogen-bond donors (Lipinski definition) is 4. The number of allylic oxidation sites excluding steroid dienone is 5. The fraction of sp³-hybridized carbons (Fsp3) is 0.213. The summed E-state index contributed by atoms with van der Waals surface area (Å²) in [6.45, 7) is 11.9. The van der Waals surface area contributed by atoms with E-state index in [1.165, 1.54) is 24.3 Å². The summed E-state index contributed by atoms with van der Waals surface area (Å²) in [7, 11) is -8.67. The number of ether oxygens (including phenoxy) is 1. The van der Waals surface area contributed by atoms with E-state index in [0.29, 0.717) is 26.1 Å². The van der Waals surface area contributed by atoms with E-state index >= 15 is 0 Å². The first kappa shape index (κ1) is 42.8. The molecule has 1 aliphatic rings. The van der Waals surface area contributed by atoms with Gasteiger partial charge in [-0.2, -0.15) is 16.8 Å². The van der Waals surface area contributed by atoms with Crippen LogP contribution in [0.25, 0.3) is 5.57 Å². The third-order valence-corrected chi connectivity index (χ3v) is 11.9. The van der Waals surface area contributed by atoms with Crippen molar-refractivity contribution in [3.63, 3.8) is 0 Å². The van der Waals surface area contributed by atoms with E-state index in [9.17, 15) is 25.9 Å². The van der Waals surface area contributed by atoms with Crippen LogP contribution in [-0.2, 0) is 26.8 Å². The number of rotatable bonds is 15. The highest BCUT2D eigenvalue weighted by molar-refractivity contribution is 7.86. The Labute approximate surface area is 347 Å². The summed E-state index contributed by atoms with van der Waals surface area (Å²) < 4.78 is 74.4. The van der Waals surface area contributed by atoms with Gasteiger partial charge in [-0.05, 0) is 152 Å². The highest BCUT2D eigenvalue weighted by atomic mass is 32.2. The maximum absolute atomic E-state index is 11.9. The lowest BCUT2D eigenvalue weighted by molar-refractivity contribution is -0.539. The maximum Gasteiger partial charge on any atom is 0.294 e. The van der Waals surface area contributed by atoms with Crippen LogP contribution in [-0.4, -0.2) is 49.4 Å². The van der Waals surface area contributed by atoms with Crippen molar-refractivity contribution in [1.29, 1.82) is 0 Å². The molecule has 0 spiro atoms. The molecule has 0 amide bonds. The lowest BCUT2D eigenvalue weighted by Crippen LogP contribution is -2.20. The van der Waals surface area contributed by atoms with Gasteiger partial charge in [0, 0.05) is 34.8 Å². The van der Waals surface area contributed by atoms with Gasteiger partial charge in [-0.1, -0.05) is 49.4 Å². The highest BCUT2D eigenvalue weighted by Crippen LogP contribution is 2.37. The van der Waals surface area contributed by atoms with Crippen LogP contribution in [0, 0.1) is 6.92 Å². The zero-order chi connectivity index (χ0) is 42.3. The van der Waals surface area contributed by atoms with Crippen molar-refractivity contribution in [1.82, 2.24) is 0 Å². The Bertz CT molecular complexity index is 2680. The highest BCUT2D eigenvalue weighted by Gasteiger charge is 2.22. The summed E-state index contributed by atoms with van der Waals surface area (Å²) in [4.78, 5) is -0.276. The van der Waals surface area contributed by atoms with Crippen LogP contribution in [0.4, 0.5) is 17.1 Å². The molecule has 12 heteroatoms. The van der Waals surface area contributed by atoms with Crippen LogP contribution in [0.2, 0.25) is 0 Å². The lowest BCUT2D eigenvalue weighted by Gasteiger charge is -2.22. The van der Waals surface area contributed by atoms with Crippen molar-refractivity contribution in [2.45, 2.75) is 63.4 Å². The van der Waals surface area contributed by atoms with Crippen molar-refractivity contribution < 1.29 is 35.3 Å². The van der Waals surface area contributed by atoms with E-state index in [-0.39, 0.29) is 15.8 Å². The van der Waals surface area contributed by atoms with Crippen molar-refractivity contribution in [3.8, 4) is 5.75 Å². The van der Waals surface area contributed by atoms with Crippen molar-refractivity contribution in [2.24, 2.45) is 0 Å². The number of hydrogen-bond acceptors (Lipinski definition) is 7. The van der Waals surface area contributed by atoms with Crippen molar-refractivity contribution in [2.75, 3.05) is 23.8 Å². The minimum atomic E-state index is -4.34. The van der Waals surface area contributed by atoms with Crippen LogP contribution >= 0.6 is 0 Å². The third-order valence-electron chi connectivity index (χ3n) is 10.2. The van der Waals surface area contributed by atoms with Gasteiger partial charge in [0.05, 0.1) is 22.4 Å². The van der Waals surface area contributed by atoms with Gasteiger partial charge < -0.3 is 15.4 Å². The molecule has 0 heterocycles. The van der Waals surface area contributed by atoms with Crippen LogP contribution in [0.15, 0.2) is 154 Å². The summed E-state index contributed by atoms with van der Waals surface area (Å²) in [6.07, 6.45) is 7.03. The Morgan fingerprint density at radius 3 is 1.95 bits per heavy atom. The van der Waals surface area contributed by atoms with E-state index < -0.39 is 20.2 Å². The number of nitrogens with zero attached hydrogens (tertiary/aromatic N) is 1. The molecule has 1 unspecified atom stereocenters. The molecule has 0 bridgehead atoms. The molecule has 1 atom stereocenters. The number of nitrogens with one attached hydrogen (secondary N) is 2. The van der Waals surface area contributed by atoms with Gasteiger partial charge in [0.15, 0.2) is 12.3 Å². The third kappa shape index (κ3) is 10.6. The Morgan fingerprint density at radius 1 is 0.729 bits per heavy atom. The molecule has 10 nitrogen and oxygen atoms in total. The molecule has 0 saturated carbocycles. The predicted octanol–water partition coefficient (Wildman–Crippen LogP) is 10.2. The van der Waals surface area contributed by atoms with Crippen molar-refractivity contribution in [3.05, 3.63) is 172 Å². The quantitative estimate of drug-likeness (QED) is 0.0598. The van der Waals surface area contributed by atoms with Gasteiger partial charge in [-0.3, -0.25) is 9.11 Å². The van der Waals surface area contributed by atoms with Gasteiger partial charge in [-0.25, -0.2) is 4.58 Å². The van der Waals surface area contributed by atoms with E-state index in [4.69, 9.17) is 4.74 Å². The minimum absolute atomic E-state index is 0.134. The van der Waals surface area contributed by atoms with Crippen LogP contribution in [0.1, 0.15) is 68.0 Å². The molecule has 4 N–H and O–H groups in total.